The number of thiocarbonyl (C=S) groups is 1. The SMILES string of the molecule is COC(=O)c1cccc(-n2cccc2[C@H]2[C@@H](c3ccccn3)NC(=S)N2CCC(=O)Nc2ccc(F)cc2)c1. The second-order valence-corrected chi connectivity index (χ2v) is 9.36. The first-order valence-corrected chi connectivity index (χ1v) is 12.7. The van der Waals surface area contributed by atoms with Crippen molar-refractivity contribution in [2.24, 2.45) is 0 Å². The van der Waals surface area contributed by atoms with E-state index in [-0.39, 0.29) is 30.2 Å². The van der Waals surface area contributed by atoms with Crippen LogP contribution in [0, 0.1) is 5.82 Å². The molecule has 2 aromatic carbocycles. The number of aromatic nitrogens is 2. The van der Waals surface area contributed by atoms with Gasteiger partial charge in [0.15, 0.2) is 5.11 Å². The summed E-state index contributed by atoms with van der Waals surface area (Å²) < 4.78 is 20.1. The average Bonchev–Trinajstić information content (AvgIpc) is 3.57. The molecule has 1 amide bonds. The molecule has 0 saturated carbocycles. The topological polar surface area (TPSA) is 88.5 Å². The van der Waals surface area contributed by atoms with E-state index >= 15 is 0 Å². The lowest BCUT2D eigenvalue weighted by Crippen LogP contribution is -2.33. The van der Waals surface area contributed by atoms with E-state index in [9.17, 15) is 14.0 Å². The molecule has 2 atom stereocenters. The molecule has 1 aliphatic heterocycles. The van der Waals surface area contributed by atoms with Crippen molar-refractivity contribution in [3.8, 4) is 5.69 Å². The number of esters is 1. The first-order valence-electron chi connectivity index (χ1n) is 12.3. The Kier molecular flexibility index (Phi) is 7.64. The number of nitrogens with one attached hydrogen (secondary N) is 2. The second kappa shape index (κ2) is 11.4. The fraction of sp³-hybridized carbons (Fsp3) is 0.172. The third kappa shape index (κ3) is 5.65. The van der Waals surface area contributed by atoms with Gasteiger partial charge in [-0.3, -0.25) is 9.78 Å². The zero-order valence-corrected chi connectivity index (χ0v) is 21.9. The van der Waals surface area contributed by atoms with Gasteiger partial charge in [0.05, 0.1) is 30.5 Å². The third-order valence-electron chi connectivity index (χ3n) is 6.53. The van der Waals surface area contributed by atoms with Crippen molar-refractivity contribution >= 4 is 34.9 Å². The van der Waals surface area contributed by atoms with Gasteiger partial charge in [-0.25, -0.2) is 9.18 Å². The van der Waals surface area contributed by atoms with Gasteiger partial charge < -0.3 is 24.8 Å². The Morgan fingerprint density at radius 1 is 1.08 bits per heavy atom. The number of benzene rings is 2. The molecule has 8 nitrogen and oxygen atoms in total. The van der Waals surface area contributed by atoms with E-state index in [0.717, 1.165) is 17.1 Å². The number of methoxy groups -OCH3 is 1. The van der Waals surface area contributed by atoms with Crippen LogP contribution in [0.15, 0.2) is 91.3 Å². The molecule has 0 unspecified atom stereocenters. The van der Waals surface area contributed by atoms with Crippen molar-refractivity contribution < 1.29 is 18.7 Å². The van der Waals surface area contributed by atoms with Gasteiger partial charge in [-0.05, 0) is 78.9 Å². The third-order valence-corrected chi connectivity index (χ3v) is 6.89. The Balaban J connectivity index is 1.45. The fourth-order valence-corrected chi connectivity index (χ4v) is 5.05. The van der Waals surface area contributed by atoms with E-state index in [0.29, 0.717) is 22.9 Å². The number of hydrogen-bond acceptors (Lipinski definition) is 5. The molecule has 1 fully saturated rings. The van der Waals surface area contributed by atoms with Crippen LogP contribution in [0.4, 0.5) is 10.1 Å². The van der Waals surface area contributed by atoms with E-state index in [1.54, 1.807) is 24.4 Å². The molecule has 3 heterocycles. The number of halogens is 1. The summed E-state index contributed by atoms with van der Waals surface area (Å²) in [6, 6.07) is 21.9. The maximum atomic E-state index is 13.2. The minimum Gasteiger partial charge on any atom is -0.465 e. The predicted octanol–water partition coefficient (Wildman–Crippen LogP) is 4.80. The average molecular weight is 544 g/mol. The van der Waals surface area contributed by atoms with Crippen LogP contribution in [0.25, 0.3) is 5.69 Å². The summed E-state index contributed by atoms with van der Waals surface area (Å²) in [4.78, 5) is 31.5. The number of hydrogen-bond donors (Lipinski definition) is 2. The maximum absolute atomic E-state index is 13.2. The van der Waals surface area contributed by atoms with Crippen LogP contribution < -0.4 is 10.6 Å². The van der Waals surface area contributed by atoms with Crippen LogP contribution >= 0.6 is 12.2 Å². The highest BCUT2D eigenvalue weighted by Gasteiger charge is 2.41. The number of rotatable bonds is 8. The first-order chi connectivity index (χ1) is 18.9. The highest BCUT2D eigenvalue weighted by atomic mass is 32.1. The van der Waals surface area contributed by atoms with E-state index in [2.05, 4.69) is 15.6 Å². The minimum atomic E-state index is -0.422. The van der Waals surface area contributed by atoms with Gasteiger partial charge in [-0.1, -0.05) is 12.1 Å². The Labute approximate surface area is 230 Å². The van der Waals surface area contributed by atoms with Crippen molar-refractivity contribution in [2.75, 3.05) is 19.0 Å². The van der Waals surface area contributed by atoms with Crippen LogP contribution in [0.2, 0.25) is 0 Å². The van der Waals surface area contributed by atoms with Gasteiger partial charge in [0.1, 0.15) is 5.82 Å². The number of anilines is 1. The summed E-state index contributed by atoms with van der Waals surface area (Å²) in [6.45, 7) is 0.334. The molecular formula is C29H26FN5O3S. The molecule has 10 heteroatoms. The predicted molar refractivity (Wildman–Crippen MR) is 149 cm³/mol. The Bertz CT molecular complexity index is 1490. The molecule has 1 saturated heterocycles. The molecule has 2 N–H and O–H groups in total. The summed E-state index contributed by atoms with van der Waals surface area (Å²) in [5.74, 6) is -1.01. The molecule has 0 bridgehead atoms. The normalized spacial score (nSPS) is 16.6. The zero-order valence-electron chi connectivity index (χ0n) is 21.1. The first kappa shape index (κ1) is 26.1. The molecule has 198 valence electrons. The Hall–Kier alpha value is -4.57. The molecule has 2 aromatic heterocycles. The number of carbonyl (C=O) groups is 2. The lowest BCUT2D eigenvalue weighted by atomic mass is 10.0. The highest BCUT2D eigenvalue weighted by molar-refractivity contribution is 7.80. The van der Waals surface area contributed by atoms with Gasteiger partial charge in [0, 0.05) is 42.4 Å². The van der Waals surface area contributed by atoms with E-state index in [1.165, 1.54) is 31.4 Å². The van der Waals surface area contributed by atoms with Crippen LogP contribution in [0.1, 0.15) is 40.3 Å². The van der Waals surface area contributed by atoms with Crippen molar-refractivity contribution in [1.82, 2.24) is 19.8 Å². The lowest BCUT2D eigenvalue weighted by Gasteiger charge is -2.29. The van der Waals surface area contributed by atoms with E-state index < -0.39 is 5.97 Å². The molecule has 0 aliphatic carbocycles. The lowest BCUT2D eigenvalue weighted by molar-refractivity contribution is -0.116. The number of ether oxygens (including phenoxy) is 1. The van der Waals surface area contributed by atoms with Crippen molar-refractivity contribution in [3.05, 3.63) is 114 Å². The van der Waals surface area contributed by atoms with Crippen LogP contribution in [0.3, 0.4) is 0 Å². The largest absolute Gasteiger partial charge is 0.465 e. The highest BCUT2D eigenvalue weighted by Crippen LogP contribution is 2.39. The van der Waals surface area contributed by atoms with Gasteiger partial charge >= 0.3 is 5.97 Å². The number of amides is 1. The van der Waals surface area contributed by atoms with Crippen LogP contribution in [-0.2, 0) is 9.53 Å². The fourth-order valence-electron chi connectivity index (χ4n) is 4.72. The molecule has 39 heavy (non-hydrogen) atoms. The molecule has 0 spiro atoms. The number of nitrogens with zero attached hydrogens (tertiary/aromatic N) is 3. The van der Waals surface area contributed by atoms with Gasteiger partial charge in [0.2, 0.25) is 5.91 Å². The van der Waals surface area contributed by atoms with Crippen molar-refractivity contribution in [1.29, 1.82) is 0 Å². The monoisotopic (exact) mass is 543 g/mol. The van der Waals surface area contributed by atoms with Crippen molar-refractivity contribution in [3.63, 3.8) is 0 Å². The van der Waals surface area contributed by atoms with Crippen molar-refractivity contribution in [2.45, 2.75) is 18.5 Å². The summed E-state index contributed by atoms with van der Waals surface area (Å²) in [6.07, 6.45) is 3.81. The van der Waals surface area contributed by atoms with E-state index in [1.807, 2.05) is 52.1 Å². The van der Waals surface area contributed by atoms with Gasteiger partial charge in [-0.2, -0.15) is 0 Å². The van der Waals surface area contributed by atoms with Crippen LogP contribution in [-0.4, -0.2) is 45.1 Å². The molecule has 5 rings (SSSR count). The quantitative estimate of drug-likeness (QED) is 0.244. The summed E-state index contributed by atoms with van der Waals surface area (Å²) in [7, 11) is 1.35. The maximum Gasteiger partial charge on any atom is 0.337 e. The summed E-state index contributed by atoms with van der Waals surface area (Å²) in [5.41, 5.74) is 3.44. The van der Waals surface area contributed by atoms with Gasteiger partial charge in [-0.15, -0.1) is 0 Å². The second-order valence-electron chi connectivity index (χ2n) is 8.97. The Morgan fingerprint density at radius 3 is 2.64 bits per heavy atom. The van der Waals surface area contributed by atoms with Gasteiger partial charge in [0.25, 0.3) is 0 Å². The molecule has 4 aromatic rings. The van der Waals surface area contributed by atoms with E-state index in [4.69, 9.17) is 17.0 Å². The molecule has 1 aliphatic rings. The molecule has 0 radical (unpaired) electrons. The number of carbonyl (C=O) groups excluding carboxylic acids is 2. The minimum absolute atomic E-state index is 0.156. The molecular weight excluding hydrogens is 517 g/mol. The summed E-state index contributed by atoms with van der Waals surface area (Å²) >= 11 is 5.74. The smallest absolute Gasteiger partial charge is 0.337 e. The zero-order chi connectivity index (χ0) is 27.4. The Morgan fingerprint density at radius 2 is 1.90 bits per heavy atom. The summed E-state index contributed by atoms with van der Waals surface area (Å²) in [5, 5.41) is 6.69. The standard InChI is InChI=1S/C29H26FN5O3S/c1-38-28(37)19-6-4-7-22(18-19)34-16-5-9-24(34)27-26(23-8-2-3-15-31-23)33-29(39)35(27)17-14-25(36)32-21-12-10-20(30)11-13-21/h2-13,15-16,18,26-27H,14,17H2,1H3,(H,32,36)(H,33,39)/t26-,27+/m1/s1. The van der Waals surface area contributed by atoms with Crippen LogP contribution in [0.5, 0.6) is 0 Å². The number of pyridine rings is 1.